The van der Waals surface area contributed by atoms with Gasteiger partial charge in [-0.3, -0.25) is 0 Å². The van der Waals surface area contributed by atoms with Gasteiger partial charge in [0.15, 0.2) is 16.6 Å². The van der Waals surface area contributed by atoms with E-state index < -0.39 is 36.4 Å². The molecule has 3 fully saturated rings. The Morgan fingerprint density at radius 1 is 0.925 bits per heavy atom. The summed E-state index contributed by atoms with van der Waals surface area (Å²) in [7, 11) is -5.29. The standard InChI is InChI=1S/C34H62O3Si3/c1-31(2,3)40(12,13)36-26-16-20-32(4)25(24-26)14-15-27-28(32)17-21-33(5)29(27)18-22-34(33,37-39(9,10)11)30(35)19-23-38(6,7)8/h14,26-30,35H,15-18,20-22,24H2,1-13H3/t26-,27+,28-,29-,30+,32-,33-,34+/m0/s1. The van der Waals surface area contributed by atoms with Gasteiger partial charge in [0.25, 0.3) is 0 Å². The number of aliphatic hydroxyl groups excluding tert-OH is 1. The molecule has 0 heterocycles. The third-order valence-electron chi connectivity index (χ3n) is 12.0. The maximum absolute atomic E-state index is 11.9. The average Bonchev–Trinajstić information content (AvgIpc) is 3.08. The van der Waals surface area contributed by atoms with E-state index in [2.05, 4.69) is 105 Å². The van der Waals surface area contributed by atoms with Crippen molar-refractivity contribution < 1.29 is 14.0 Å². The van der Waals surface area contributed by atoms with Crippen molar-refractivity contribution in [2.45, 2.75) is 161 Å². The molecule has 0 saturated heterocycles. The lowest BCUT2D eigenvalue weighted by Gasteiger charge is -2.61. The second-order valence-electron chi connectivity index (χ2n) is 18.0. The van der Waals surface area contributed by atoms with Crippen molar-refractivity contribution in [3.63, 3.8) is 0 Å². The lowest BCUT2D eigenvalue weighted by molar-refractivity contribution is -0.150. The SMILES string of the molecule is CC(C)(C)[Si](C)(C)O[C@H]1CC[C@@]2(C)C(=CC[C@@H]3[C@@H]2CC[C@@]2(C)[C@H]3CC[C@@]2(O[Si](C)(C)C)[C@H](O)C#C[Si](C)(C)C)C1. The summed E-state index contributed by atoms with van der Waals surface area (Å²) < 4.78 is 14.1. The van der Waals surface area contributed by atoms with E-state index in [1.54, 1.807) is 5.57 Å². The molecule has 0 radical (unpaired) electrons. The molecule has 4 rings (SSSR count). The number of aliphatic hydroxyl groups is 1. The average molecular weight is 603 g/mol. The molecule has 3 saturated carbocycles. The van der Waals surface area contributed by atoms with E-state index in [1.807, 2.05) is 0 Å². The summed E-state index contributed by atoms with van der Waals surface area (Å²) in [6.45, 7) is 30.6. The predicted molar refractivity (Wildman–Crippen MR) is 178 cm³/mol. The van der Waals surface area contributed by atoms with Crippen LogP contribution >= 0.6 is 0 Å². The first-order chi connectivity index (χ1) is 18.0. The van der Waals surface area contributed by atoms with Crippen molar-refractivity contribution in [3.05, 3.63) is 11.6 Å². The van der Waals surface area contributed by atoms with Gasteiger partial charge in [-0.05, 0) is 112 Å². The Hall–Kier alpha value is -0.169. The lowest BCUT2D eigenvalue weighted by Crippen LogP contribution is -2.62. The number of hydrogen-bond donors (Lipinski definition) is 1. The molecular weight excluding hydrogens is 541 g/mol. The van der Waals surface area contributed by atoms with Crippen LogP contribution in [0, 0.1) is 40.0 Å². The monoisotopic (exact) mass is 602 g/mol. The Bertz CT molecular complexity index is 1050. The molecule has 3 nitrogen and oxygen atoms in total. The topological polar surface area (TPSA) is 38.7 Å². The Morgan fingerprint density at radius 3 is 2.12 bits per heavy atom. The zero-order valence-electron chi connectivity index (χ0n) is 28.4. The van der Waals surface area contributed by atoms with Gasteiger partial charge in [-0.2, -0.15) is 0 Å². The molecule has 4 aliphatic rings. The minimum atomic E-state index is -1.92. The Kier molecular flexibility index (Phi) is 8.57. The molecule has 0 aromatic carbocycles. The Morgan fingerprint density at radius 2 is 1.55 bits per heavy atom. The van der Waals surface area contributed by atoms with Crippen LogP contribution in [0.15, 0.2) is 11.6 Å². The second-order valence-corrected chi connectivity index (χ2v) is 32.0. The van der Waals surface area contributed by atoms with Gasteiger partial charge in [0.05, 0.1) is 5.60 Å². The van der Waals surface area contributed by atoms with Crippen molar-refractivity contribution in [2.24, 2.45) is 28.6 Å². The summed E-state index contributed by atoms with van der Waals surface area (Å²) in [6.07, 6.45) is 11.6. The number of fused-ring (bicyclic) bond motifs is 5. The number of allylic oxidation sites excluding steroid dienone is 1. The van der Waals surface area contributed by atoms with E-state index in [9.17, 15) is 5.11 Å². The highest BCUT2D eigenvalue weighted by Gasteiger charge is 2.67. The maximum Gasteiger partial charge on any atom is 0.192 e. The summed E-state index contributed by atoms with van der Waals surface area (Å²) >= 11 is 0. The highest BCUT2D eigenvalue weighted by atomic mass is 28.4. The van der Waals surface area contributed by atoms with Crippen molar-refractivity contribution in [2.75, 3.05) is 0 Å². The van der Waals surface area contributed by atoms with Crippen LogP contribution in [0.3, 0.4) is 0 Å². The molecule has 40 heavy (non-hydrogen) atoms. The largest absolute Gasteiger partial charge is 0.414 e. The van der Waals surface area contributed by atoms with Gasteiger partial charge >= 0.3 is 0 Å². The lowest BCUT2D eigenvalue weighted by atomic mass is 9.46. The zero-order chi connectivity index (χ0) is 30.2. The van der Waals surface area contributed by atoms with E-state index in [4.69, 9.17) is 8.85 Å². The third-order valence-corrected chi connectivity index (χ3v) is 18.4. The van der Waals surface area contributed by atoms with Crippen LogP contribution in [-0.4, -0.2) is 47.6 Å². The molecule has 1 N–H and O–H groups in total. The molecule has 0 aliphatic heterocycles. The van der Waals surface area contributed by atoms with E-state index in [0.717, 1.165) is 31.6 Å². The quantitative estimate of drug-likeness (QED) is 0.194. The first kappa shape index (κ1) is 32.7. The summed E-state index contributed by atoms with van der Waals surface area (Å²) in [5, 5.41) is 12.1. The minimum absolute atomic E-state index is 0.0354. The van der Waals surface area contributed by atoms with Gasteiger partial charge in [-0.1, -0.05) is 71.8 Å². The van der Waals surface area contributed by atoms with Crippen molar-refractivity contribution >= 4 is 24.7 Å². The first-order valence-electron chi connectivity index (χ1n) is 16.3. The van der Waals surface area contributed by atoms with Crippen LogP contribution in [0.25, 0.3) is 0 Å². The van der Waals surface area contributed by atoms with Crippen molar-refractivity contribution in [1.82, 2.24) is 0 Å². The van der Waals surface area contributed by atoms with Crippen molar-refractivity contribution in [3.8, 4) is 11.5 Å². The van der Waals surface area contributed by atoms with Gasteiger partial charge in [-0.25, -0.2) is 0 Å². The van der Waals surface area contributed by atoms with Crippen LogP contribution in [0.1, 0.15) is 86.0 Å². The van der Waals surface area contributed by atoms with Crippen LogP contribution in [0.4, 0.5) is 0 Å². The van der Waals surface area contributed by atoms with Crippen LogP contribution in [-0.2, 0) is 8.85 Å². The molecular formula is C34H62O3Si3. The van der Waals surface area contributed by atoms with Crippen molar-refractivity contribution in [1.29, 1.82) is 0 Å². The minimum Gasteiger partial charge on any atom is -0.414 e. The van der Waals surface area contributed by atoms with Crippen LogP contribution in [0.5, 0.6) is 0 Å². The molecule has 0 aromatic heterocycles. The normalized spacial score (nSPS) is 39.3. The van der Waals surface area contributed by atoms with Gasteiger partial charge in [0, 0.05) is 11.5 Å². The summed E-state index contributed by atoms with van der Waals surface area (Å²) in [4.78, 5) is 0. The predicted octanol–water partition coefficient (Wildman–Crippen LogP) is 9.17. The summed E-state index contributed by atoms with van der Waals surface area (Å²) in [6, 6.07) is 0. The zero-order valence-corrected chi connectivity index (χ0v) is 31.4. The molecule has 6 heteroatoms. The molecule has 0 amide bonds. The number of rotatable bonds is 5. The third kappa shape index (κ3) is 5.83. The van der Waals surface area contributed by atoms with E-state index >= 15 is 0 Å². The smallest absolute Gasteiger partial charge is 0.192 e. The Balaban J connectivity index is 1.62. The highest BCUT2D eigenvalue weighted by Crippen LogP contribution is 2.69. The first-order valence-corrected chi connectivity index (χ1v) is 26.1. The molecule has 0 aromatic rings. The molecule has 4 aliphatic carbocycles. The highest BCUT2D eigenvalue weighted by molar-refractivity contribution is 6.83. The second kappa shape index (κ2) is 10.5. The van der Waals surface area contributed by atoms with E-state index in [0.29, 0.717) is 23.4 Å². The van der Waals surface area contributed by atoms with Gasteiger partial charge in [0.2, 0.25) is 0 Å². The van der Waals surface area contributed by atoms with Gasteiger partial charge in [0.1, 0.15) is 14.2 Å². The number of hydrogen-bond acceptors (Lipinski definition) is 3. The maximum atomic E-state index is 11.9. The van der Waals surface area contributed by atoms with Crippen LogP contribution in [0.2, 0.25) is 57.4 Å². The van der Waals surface area contributed by atoms with E-state index in [1.165, 1.54) is 25.7 Å². The molecule has 228 valence electrons. The van der Waals surface area contributed by atoms with Gasteiger partial charge < -0.3 is 14.0 Å². The van der Waals surface area contributed by atoms with Gasteiger partial charge in [-0.15, -0.1) is 5.54 Å². The molecule has 0 spiro atoms. The fourth-order valence-electron chi connectivity index (χ4n) is 8.98. The van der Waals surface area contributed by atoms with E-state index in [-0.39, 0.29) is 10.5 Å². The summed E-state index contributed by atoms with van der Waals surface area (Å²) in [5.41, 5.74) is 4.91. The molecule has 0 unspecified atom stereocenters. The Labute approximate surface area is 250 Å². The fraction of sp³-hybridized carbons (Fsp3) is 0.882. The fourth-order valence-corrected chi connectivity index (χ4v) is 12.5. The van der Waals surface area contributed by atoms with Crippen LogP contribution < -0.4 is 0 Å². The molecule has 8 atom stereocenters. The summed E-state index contributed by atoms with van der Waals surface area (Å²) in [5.74, 6) is 5.38. The molecule has 0 bridgehead atoms.